The van der Waals surface area contributed by atoms with Gasteiger partial charge >= 0.3 is 6.09 Å². The fourth-order valence-corrected chi connectivity index (χ4v) is 4.09. The minimum absolute atomic E-state index is 0.267. The van der Waals surface area contributed by atoms with E-state index in [0.29, 0.717) is 19.1 Å². The zero-order valence-corrected chi connectivity index (χ0v) is 13.4. The van der Waals surface area contributed by atoms with Crippen LogP contribution in [0.25, 0.3) is 0 Å². The van der Waals surface area contributed by atoms with Crippen molar-refractivity contribution >= 4 is 17.4 Å². The van der Waals surface area contributed by atoms with E-state index >= 15 is 0 Å². The van der Waals surface area contributed by atoms with Gasteiger partial charge in [0.1, 0.15) is 6.10 Å². The molecule has 1 aromatic heterocycles. The molecule has 0 radical (unpaired) electrons. The molecule has 1 atom stereocenters. The Kier molecular flexibility index (Phi) is 4.08. The van der Waals surface area contributed by atoms with Crippen molar-refractivity contribution in [1.29, 1.82) is 0 Å². The molecule has 5 nitrogen and oxygen atoms in total. The molecule has 3 heterocycles. The molecular formula is C15H22N2O3S. The number of rotatable bonds is 3. The van der Waals surface area contributed by atoms with Crippen LogP contribution in [-0.4, -0.2) is 52.8 Å². The van der Waals surface area contributed by atoms with Crippen molar-refractivity contribution in [3.63, 3.8) is 0 Å². The minimum atomic E-state index is -0.835. The van der Waals surface area contributed by atoms with E-state index in [4.69, 9.17) is 9.84 Å². The molecule has 0 aromatic carbocycles. The molecule has 116 valence electrons. The lowest BCUT2D eigenvalue weighted by Gasteiger charge is -2.23. The molecule has 0 bridgehead atoms. The minimum Gasteiger partial charge on any atom is -0.479 e. The third-order valence-electron chi connectivity index (χ3n) is 4.30. The highest BCUT2D eigenvalue weighted by Gasteiger charge is 2.27. The summed E-state index contributed by atoms with van der Waals surface area (Å²) in [6.45, 7) is 7.60. The smallest absolute Gasteiger partial charge is 0.407 e. The van der Waals surface area contributed by atoms with E-state index < -0.39 is 6.09 Å². The second kappa shape index (κ2) is 5.85. The molecule has 0 aliphatic carbocycles. The maximum atomic E-state index is 11.0. The first-order valence-electron chi connectivity index (χ1n) is 7.53. The average molecular weight is 310 g/mol. The van der Waals surface area contributed by atoms with E-state index in [1.54, 1.807) is 11.3 Å². The summed E-state index contributed by atoms with van der Waals surface area (Å²) in [6, 6.07) is 2.60. The highest BCUT2D eigenvalue weighted by Crippen LogP contribution is 2.34. The lowest BCUT2D eigenvalue weighted by atomic mass is 10.1. The van der Waals surface area contributed by atoms with E-state index in [9.17, 15) is 4.79 Å². The van der Waals surface area contributed by atoms with Gasteiger partial charge in [-0.1, -0.05) is 0 Å². The molecule has 0 spiro atoms. The number of ether oxygens (including phenoxy) is 1. The highest BCUT2D eigenvalue weighted by atomic mass is 32.1. The first kappa shape index (κ1) is 14.7. The number of carboxylic acid groups (broad SMARTS) is 1. The highest BCUT2D eigenvalue weighted by molar-refractivity contribution is 7.14. The SMILES string of the molecule is CC(C)N1CCC(Oc2cc3c(s2)CCN(C(=O)O)C3)C1. The Morgan fingerprint density at radius 3 is 2.95 bits per heavy atom. The van der Waals surface area contributed by atoms with E-state index in [1.807, 2.05) is 6.07 Å². The first-order chi connectivity index (χ1) is 10.0. The third kappa shape index (κ3) is 3.16. The van der Waals surface area contributed by atoms with E-state index in [0.717, 1.165) is 36.6 Å². The van der Waals surface area contributed by atoms with Gasteiger partial charge in [-0.2, -0.15) is 0 Å². The number of amides is 1. The average Bonchev–Trinajstić information content (AvgIpc) is 3.03. The second-order valence-electron chi connectivity index (χ2n) is 6.09. The van der Waals surface area contributed by atoms with Gasteiger partial charge in [0.25, 0.3) is 0 Å². The lowest BCUT2D eigenvalue weighted by molar-refractivity contribution is 0.140. The fourth-order valence-electron chi connectivity index (χ4n) is 3.01. The Balaban J connectivity index is 1.62. The van der Waals surface area contributed by atoms with Crippen LogP contribution in [0.4, 0.5) is 4.79 Å². The standard InChI is InChI=1S/C15H22N2O3S/c1-10(2)16-5-3-12(9-16)20-14-7-11-8-17(15(18)19)6-4-13(11)21-14/h7,10,12H,3-6,8-9H2,1-2H3,(H,18,19). The molecule has 1 aromatic rings. The van der Waals surface area contributed by atoms with Crippen molar-refractivity contribution in [3.8, 4) is 5.06 Å². The molecule has 3 rings (SSSR count). The zero-order valence-electron chi connectivity index (χ0n) is 12.5. The number of carbonyl (C=O) groups is 1. The zero-order chi connectivity index (χ0) is 15.0. The van der Waals surface area contributed by atoms with Crippen LogP contribution >= 0.6 is 11.3 Å². The van der Waals surface area contributed by atoms with Crippen LogP contribution in [0, 0.1) is 0 Å². The van der Waals surface area contributed by atoms with Gasteiger partial charge in [-0.05, 0) is 31.9 Å². The van der Waals surface area contributed by atoms with Gasteiger partial charge in [-0.25, -0.2) is 4.79 Å². The molecule has 1 saturated heterocycles. The Morgan fingerprint density at radius 2 is 2.29 bits per heavy atom. The Morgan fingerprint density at radius 1 is 1.48 bits per heavy atom. The summed E-state index contributed by atoms with van der Waals surface area (Å²) < 4.78 is 6.12. The van der Waals surface area contributed by atoms with Crippen LogP contribution in [-0.2, 0) is 13.0 Å². The quantitative estimate of drug-likeness (QED) is 0.932. The molecule has 1 N–H and O–H groups in total. The van der Waals surface area contributed by atoms with Crippen molar-refractivity contribution in [2.45, 2.75) is 45.4 Å². The molecular weight excluding hydrogens is 288 g/mol. The summed E-state index contributed by atoms with van der Waals surface area (Å²) in [5.74, 6) is 0. The Hall–Kier alpha value is -1.27. The monoisotopic (exact) mass is 310 g/mol. The van der Waals surface area contributed by atoms with Crippen LogP contribution in [0.3, 0.4) is 0 Å². The maximum absolute atomic E-state index is 11.0. The van der Waals surface area contributed by atoms with Crippen LogP contribution in [0.2, 0.25) is 0 Å². The molecule has 1 amide bonds. The van der Waals surface area contributed by atoms with Gasteiger partial charge in [0.05, 0.1) is 6.54 Å². The van der Waals surface area contributed by atoms with Crippen molar-refractivity contribution in [2.24, 2.45) is 0 Å². The molecule has 21 heavy (non-hydrogen) atoms. The second-order valence-corrected chi connectivity index (χ2v) is 7.18. The van der Waals surface area contributed by atoms with E-state index in [1.165, 1.54) is 9.78 Å². The summed E-state index contributed by atoms with van der Waals surface area (Å²) >= 11 is 1.69. The largest absolute Gasteiger partial charge is 0.479 e. The lowest BCUT2D eigenvalue weighted by Crippen LogP contribution is -2.33. The summed E-state index contributed by atoms with van der Waals surface area (Å²) in [6.07, 6.45) is 1.31. The van der Waals surface area contributed by atoms with Crippen molar-refractivity contribution in [1.82, 2.24) is 9.80 Å². The molecule has 6 heteroatoms. The Labute approximate surface area is 129 Å². The van der Waals surface area contributed by atoms with Crippen molar-refractivity contribution in [3.05, 3.63) is 16.5 Å². The predicted octanol–water partition coefficient (Wildman–Crippen LogP) is 2.65. The van der Waals surface area contributed by atoms with Gasteiger partial charge < -0.3 is 14.7 Å². The van der Waals surface area contributed by atoms with Gasteiger partial charge in [0.15, 0.2) is 5.06 Å². The molecule has 2 aliphatic heterocycles. The molecule has 1 unspecified atom stereocenters. The van der Waals surface area contributed by atoms with Gasteiger partial charge in [0.2, 0.25) is 0 Å². The fraction of sp³-hybridized carbons (Fsp3) is 0.667. The number of hydrogen-bond donors (Lipinski definition) is 1. The summed E-state index contributed by atoms with van der Waals surface area (Å²) in [5.41, 5.74) is 1.11. The topological polar surface area (TPSA) is 53.0 Å². The van der Waals surface area contributed by atoms with Gasteiger partial charge in [-0.15, -0.1) is 11.3 Å². The van der Waals surface area contributed by atoms with E-state index in [-0.39, 0.29) is 6.10 Å². The van der Waals surface area contributed by atoms with Crippen LogP contribution in [0.1, 0.15) is 30.7 Å². The van der Waals surface area contributed by atoms with Crippen LogP contribution in [0.5, 0.6) is 5.06 Å². The normalized spacial score (nSPS) is 22.6. The third-order valence-corrected chi connectivity index (χ3v) is 5.43. The molecule has 2 aliphatic rings. The first-order valence-corrected chi connectivity index (χ1v) is 8.34. The van der Waals surface area contributed by atoms with Gasteiger partial charge in [0, 0.05) is 37.0 Å². The van der Waals surface area contributed by atoms with E-state index in [2.05, 4.69) is 18.7 Å². The molecule has 0 saturated carbocycles. The maximum Gasteiger partial charge on any atom is 0.407 e. The van der Waals surface area contributed by atoms with Crippen molar-refractivity contribution < 1.29 is 14.6 Å². The number of hydrogen-bond acceptors (Lipinski definition) is 4. The van der Waals surface area contributed by atoms with Crippen LogP contribution in [0.15, 0.2) is 6.07 Å². The molecule has 1 fully saturated rings. The number of fused-ring (bicyclic) bond motifs is 1. The van der Waals surface area contributed by atoms with Gasteiger partial charge in [-0.3, -0.25) is 4.90 Å². The summed E-state index contributed by atoms with van der Waals surface area (Å²) in [5, 5.41) is 10.0. The number of thiophene rings is 1. The van der Waals surface area contributed by atoms with Crippen molar-refractivity contribution in [2.75, 3.05) is 19.6 Å². The number of nitrogens with zero attached hydrogens (tertiary/aromatic N) is 2. The summed E-state index contributed by atoms with van der Waals surface area (Å²) in [7, 11) is 0. The predicted molar refractivity (Wildman–Crippen MR) is 82.2 cm³/mol. The Bertz CT molecular complexity index is 529. The summed E-state index contributed by atoms with van der Waals surface area (Å²) in [4.78, 5) is 16.2. The number of likely N-dealkylation sites (tertiary alicyclic amines) is 1. The van der Waals surface area contributed by atoms with Crippen LogP contribution < -0.4 is 4.74 Å².